The van der Waals surface area contributed by atoms with Crippen molar-refractivity contribution in [2.24, 2.45) is 0 Å². The maximum atomic E-state index is 11.2. The molecule has 1 aromatic carbocycles. The Morgan fingerprint density at radius 1 is 1.33 bits per heavy atom. The molecule has 1 aromatic heterocycles. The molecule has 0 amide bonds. The second-order valence-corrected chi connectivity index (χ2v) is 4.53. The van der Waals surface area contributed by atoms with Crippen molar-refractivity contribution < 1.29 is 9.90 Å². The summed E-state index contributed by atoms with van der Waals surface area (Å²) in [6.07, 6.45) is 1.58. The van der Waals surface area contributed by atoms with Gasteiger partial charge >= 0.3 is 5.97 Å². The molecule has 1 N–H and O–H groups in total. The van der Waals surface area contributed by atoms with Crippen LogP contribution in [-0.4, -0.2) is 11.1 Å². The summed E-state index contributed by atoms with van der Waals surface area (Å²) < 4.78 is 0. The standard InChI is InChI=1S/C14H9NO2S/c15-9-11-4-1-3-10(7-11)8-12(14(16)17)13-5-2-6-18-13/h1-8H,(H,16,17)/b12-8-. The number of aliphatic carboxylic acids is 1. The fraction of sp³-hybridized carbons (Fsp3) is 0. The summed E-state index contributed by atoms with van der Waals surface area (Å²) in [5.74, 6) is -0.972. The van der Waals surface area contributed by atoms with Crippen LogP contribution < -0.4 is 0 Å². The minimum Gasteiger partial charge on any atom is -0.478 e. The Labute approximate surface area is 108 Å². The Kier molecular flexibility index (Phi) is 3.56. The van der Waals surface area contributed by atoms with Crippen LogP contribution in [0.2, 0.25) is 0 Å². The Hall–Kier alpha value is -2.38. The molecule has 0 saturated carbocycles. The van der Waals surface area contributed by atoms with Gasteiger partial charge in [-0.3, -0.25) is 0 Å². The highest BCUT2D eigenvalue weighted by atomic mass is 32.1. The molecule has 1 heterocycles. The van der Waals surface area contributed by atoms with Crippen molar-refractivity contribution in [1.29, 1.82) is 5.26 Å². The van der Waals surface area contributed by atoms with Crippen LogP contribution >= 0.6 is 11.3 Å². The third kappa shape index (κ3) is 2.65. The lowest BCUT2D eigenvalue weighted by Gasteiger charge is -2.00. The molecule has 18 heavy (non-hydrogen) atoms. The van der Waals surface area contributed by atoms with E-state index in [0.717, 1.165) is 0 Å². The first-order valence-electron chi connectivity index (χ1n) is 5.20. The Morgan fingerprint density at radius 3 is 2.78 bits per heavy atom. The maximum absolute atomic E-state index is 11.2. The van der Waals surface area contributed by atoms with Gasteiger partial charge in [-0.15, -0.1) is 11.3 Å². The van der Waals surface area contributed by atoms with Crippen molar-refractivity contribution >= 4 is 29.0 Å². The molecular weight excluding hydrogens is 246 g/mol. The van der Waals surface area contributed by atoms with Crippen LogP contribution in [0.15, 0.2) is 41.8 Å². The molecule has 3 nitrogen and oxygen atoms in total. The summed E-state index contributed by atoms with van der Waals surface area (Å²) in [5.41, 5.74) is 1.46. The van der Waals surface area contributed by atoms with Crippen LogP contribution in [0.25, 0.3) is 11.6 Å². The van der Waals surface area contributed by atoms with Crippen LogP contribution in [0.3, 0.4) is 0 Å². The number of carbonyl (C=O) groups is 1. The van der Waals surface area contributed by atoms with Gasteiger partial charge in [0.05, 0.1) is 17.2 Å². The monoisotopic (exact) mass is 255 g/mol. The fourth-order valence-corrected chi connectivity index (χ4v) is 2.27. The summed E-state index contributed by atoms with van der Waals surface area (Å²) in [6, 6.07) is 12.5. The van der Waals surface area contributed by atoms with Gasteiger partial charge in [-0.1, -0.05) is 18.2 Å². The first-order valence-corrected chi connectivity index (χ1v) is 6.07. The molecule has 0 spiro atoms. The highest BCUT2D eigenvalue weighted by Gasteiger charge is 2.11. The minimum atomic E-state index is -0.972. The quantitative estimate of drug-likeness (QED) is 0.856. The van der Waals surface area contributed by atoms with Crippen LogP contribution in [-0.2, 0) is 4.79 Å². The van der Waals surface area contributed by atoms with E-state index in [2.05, 4.69) is 0 Å². The Bertz CT molecular complexity index is 636. The topological polar surface area (TPSA) is 61.1 Å². The number of benzene rings is 1. The molecule has 4 heteroatoms. The largest absolute Gasteiger partial charge is 0.478 e. The zero-order valence-electron chi connectivity index (χ0n) is 9.33. The number of hydrogen-bond donors (Lipinski definition) is 1. The SMILES string of the molecule is N#Cc1cccc(/C=C(\C(=O)O)c2cccs2)c1. The van der Waals surface area contributed by atoms with Crippen LogP contribution in [0.1, 0.15) is 16.0 Å². The van der Waals surface area contributed by atoms with Crippen molar-refractivity contribution in [3.8, 4) is 6.07 Å². The van der Waals surface area contributed by atoms with E-state index < -0.39 is 5.97 Å². The number of hydrogen-bond acceptors (Lipinski definition) is 3. The molecule has 0 aliphatic heterocycles. The predicted molar refractivity (Wildman–Crippen MR) is 71.0 cm³/mol. The summed E-state index contributed by atoms with van der Waals surface area (Å²) >= 11 is 1.37. The third-order valence-corrected chi connectivity index (χ3v) is 3.25. The molecule has 0 bridgehead atoms. The van der Waals surface area contributed by atoms with Crippen molar-refractivity contribution in [3.63, 3.8) is 0 Å². The van der Waals surface area contributed by atoms with Crippen molar-refractivity contribution in [3.05, 3.63) is 57.8 Å². The first kappa shape index (κ1) is 12.1. The zero-order valence-corrected chi connectivity index (χ0v) is 10.1. The van der Waals surface area contributed by atoms with E-state index in [9.17, 15) is 9.90 Å². The maximum Gasteiger partial charge on any atom is 0.337 e. The molecule has 88 valence electrons. The molecule has 0 aliphatic rings. The Balaban J connectivity index is 2.46. The van der Waals surface area contributed by atoms with Gasteiger partial charge in [0.1, 0.15) is 0 Å². The van der Waals surface area contributed by atoms with Crippen LogP contribution in [0.5, 0.6) is 0 Å². The summed E-state index contributed by atoms with van der Waals surface area (Å²) in [4.78, 5) is 11.9. The van der Waals surface area contributed by atoms with Gasteiger partial charge in [0, 0.05) is 4.88 Å². The van der Waals surface area contributed by atoms with Crippen LogP contribution in [0.4, 0.5) is 0 Å². The van der Waals surface area contributed by atoms with Crippen molar-refractivity contribution in [1.82, 2.24) is 0 Å². The van der Waals surface area contributed by atoms with E-state index in [1.165, 1.54) is 11.3 Å². The molecule has 0 aliphatic carbocycles. The summed E-state index contributed by atoms with van der Waals surface area (Å²) in [6.45, 7) is 0. The molecule has 0 atom stereocenters. The number of thiophene rings is 1. The lowest BCUT2D eigenvalue weighted by molar-refractivity contribution is -0.130. The van der Waals surface area contributed by atoms with Gasteiger partial charge in [0.2, 0.25) is 0 Å². The molecule has 0 saturated heterocycles. The molecule has 2 rings (SSSR count). The van der Waals surface area contributed by atoms with E-state index >= 15 is 0 Å². The molecule has 0 fully saturated rings. The van der Waals surface area contributed by atoms with Gasteiger partial charge in [-0.05, 0) is 35.2 Å². The third-order valence-electron chi connectivity index (χ3n) is 2.34. The summed E-state index contributed by atoms with van der Waals surface area (Å²) in [7, 11) is 0. The first-order chi connectivity index (χ1) is 8.70. The second kappa shape index (κ2) is 5.30. The highest BCUT2D eigenvalue weighted by Crippen LogP contribution is 2.23. The van der Waals surface area contributed by atoms with Gasteiger partial charge in [-0.2, -0.15) is 5.26 Å². The molecule has 0 radical (unpaired) electrons. The average molecular weight is 255 g/mol. The van der Waals surface area contributed by atoms with E-state index in [1.807, 2.05) is 17.5 Å². The molecule has 0 unspecified atom stereocenters. The number of nitriles is 1. The Morgan fingerprint density at radius 2 is 2.17 bits per heavy atom. The van der Waals surface area contributed by atoms with Crippen molar-refractivity contribution in [2.75, 3.05) is 0 Å². The lowest BCUT2D eigenvalue weighted by atomic mass is 10.1. The smallest absolute Gasteiger partial charge is 0.337 e. The number of nitrogens with zero attached hydrogens (tertiary/aromatic N) is 1. The molecule has 2 aromatic rings. The van der Waals surface area contributed by atoms with E-state index in [4.69, 9.17) is 5.26 Å². The fourth-order valence-electron chi connectivity index (χ4n) is 1.53. The normalized spacial score (nSPS) is 10.9. The van der Waals surface area contributed by atoms with Gasteiger partial charge in [0.15, 0.2) is 0 Å². The summed E-state index contributed by atoms with van der Waals surface area (Å²) in [5, 5.41) is 19.8. The van der Waals surface area contributed by atoms with Gasteiger partial charge in [-0.25, -0.2) is 4.79 Å². The van der Waals surface area contributed by atoms with E-state index in [-0.39, 0.29) is 5.57 Å². The minimum absolute atomic E-state index is 0.236. The number of carboxylic acid groups (broad SMARTS) is 1. The molecular formula is C14H9NO2S. The zero-order chi connectivity index (χ0) is 13.0. The highest BCUT2D eigenvalue weighted by molar-refractivity contribution is 7.11. The van der Waals surface area contributed by atoms with Gasteiger partial charge < -0.3 is 5.11 Å². The van der Waals surface area contributed by atoms with E-state index in [1.54, 1.807) is 36.4 Å². The number of rotatable bonds is 3. The van der Waals surface area contributed by atoms with Gasteiger partial charge in [0.25, 0.3) is 0 Å². The second-order valence-electron chi connectivity index (χ2n) is 3.58. The number of carboxylic acids is 1. The van der Waals surface area contributed by atoms with Crippen molar-refractivity contribution in [2.45, 2.75) is 0 Å². The average Bonchev–Trinajstić information content (AvgIpc) is 2.89. The lowest BCUT2D eigenvalue weighted by Crippen LogP contribution is -1.97. The van der Waals surface area contributed by atoms with Crippen LogP contribution in [0, 0.1) is 11.3 Å². The van der Waals surface area contributed by atoms with E-state index in [0.29, 0.717) is 16.0 Å². The predicted octanol–water partition coefficient (Wildman–Crippen LogP) is 3.24.